The molecule has 0 saturated carbocycles. The molecule has 0 amide bonds. The van der Waals surface area contributed by atoms with Gasteiger partial charge in [-0.3, -0.25) is 0 Å². The summed E-state index contributed by atoms with van der Waals surface area (Å²) in [7, 11) is 0. The van der Waals surface area contributed by atoms with Gasteiger partial charge in [0.1, 0.15) is 0 Å². The Morgan fingerprint density at radius 2 is 1.28 bits per heavy atom. The maximum absolute atomic E-state index is 2.43. The number of hydrogen-bond acceptors (Lipinski definition) is 0. The Balaban J connectivity index is 2.12. The fourth-order valence-electron chi connectivity index (χ4n) is 4.13. The van der Waals surface area contributed by atoms with Gasteiger partial charge in [-0.25, -0.2) is 0 Å². The molecule has 0 aliphatic rings. The van der Waals surface area contributed by atoms with E-state index in [0.717, 1.165) is 6.42 Å². The van der Waals surface area contributed by atoms with E-state index in [1.807, 2.05) is 0 Å². The predicted molar refractivity (Wildman–Crippen MR) is 111 cm³/mol. The quantitative estimate of drug-likeness (QED) is 0.254. The van der Waals surface area contributed by atoms with E-state index in [1.165, 1.54) is 54.7 Å². The van der Waals surface area contributed by atoms with Gasteiger partial charge in [0.15, 0.2) is 0 Å². The molecule has 120 valence electrons. The molecular weight excluding hydrogens is 300 g/mol. The van der Waals surface area contributed by atoms with E-state index in [4.69, 9.17) is 0 Å². The number of fused-ring (bicyclic) bond motifs is 3. The van der Waals surface area contributed by atoms with Gasteiger partial charge in [0, 0.05) is 0 Å². The van der Waals surface area contributed by atoms with Crippen LogP contribution in [-0.2, 0) is 0 Å². The minimum Gasteiger partial charge on any atom is -0.0760 e. The monoisotopic (exact) mass is 320 g/mol. The highest BCUT2D eigenvalue weighted by Gasteiger charge is 2.10. The van der Waals surface area contributed by atoms with Crippen molar-refractivity contribution in [2.45, 2.75) is 19.8 Å². The molecule has 0 aliphatic carbocycles. The molecule has 5 aromatic carbocycles. The van der Waals surface area contributed by atoms with Crippen LogP contribution in [0.1, 0.15) is 19.8 Å². The van der Waals surface area contributed by atoms with Crippen LogP contribution in [0.4, 0.5) is 0 Å². The number of rotatable bonds is 2. The Bertz CT molecular complexity index is 1290. The topological polar surface area (TPSA) is 0 Å². The number of hydrogen-bond donors (Lipinski definition) is 0. The second-order valence-corrected chi connectivity index (χ2v) is 6.86. The third kappa shape index (κ3) is 2.14. The van der Waals surface area contributed by atoms with Gasteiger partial charge in [-0.1, -0.05) is 80.1 Å². The summed E-state index contributed by atoms with van der Waals surface area (Å²) in [6.07, 6.45) is 4.71. The normalized spacial score (nSPS) is 12.8. The number of benzene rings is 5. The third-order valence-corrected chi connectivity index (χ3v) is 5.30. The van der Waals surface area contributed by atoms with Crippen molar-refractivity contribution in [3.05, 3.63) is 78.0 Å². The highest BCUT2D eigenvalue weighted by atomic mass is 14.1. The van der Waals surface area contributed by atoms with E-state index in [-0.39, 0.29) is 0 Å². The average Bonchev–Trinajstić information content (AvgIpc) is 2.67. The Morgan fingerprint density at radius 1 is 0.640 bits per heavy atom. The van der Waals surface area contributed by atoms with E-state index in [2.05, 4.69) is 85.8 Å². The average molecular weight is 320 g/mol. The van der Waals surface area contributed by atoms with Gasteiger partial charge < -0.3 is 0 Å². The first-order chi connectivity index (χ1) is 12.4. The second kappa shape index (κ2) is 5.60. The Morgan fingerprint density at radius 3 is 2.00 bits per heavy atom. The molecule has 0 radical (unpaired) electrons. The molecule has 5 aromatic rings. The van der Waals surface area contributed by atoms with Crippen molar-refractivity contribution in [2.75, 3.05) is 0 Å². The van der Waals surface area contributed by atoms with Crippen LogP contribution in [0.25, 0.3) is 49.2 Å². The van der Waals surface area contributed by atoms with Crippen LogP contribution < -0.4 is 5.22 Å². The summed E-state index contributed by atoms with van der Waals surface area (Å²) in [5, 5.41) is 12.2. The van der Waals surface area contributed by atoms with Crippen molar-refractivity contribution in [3.8, 4) is 0 Å². The molecular formula is C25H20. The van der Waals surface area contributed by atoms with Gasteiger partial charge in [0.05, 0.1) is 0 Å². The van der Waals surface area contributed by atoms with Gasteiger partial charge in [-0.05, 0) is 66.9 Å². The van der Waals surface area contributed by atoms with Gasteiger partial charge in [0.25, 0.3) is 0 Å². The summed E-state index contributed by atoms with van der Waals surface area (Å²) in [5.41, 5.74) is 0. The van der Waals surface area contributed by atoms with Crippen LogP contribution in [-0.4, -0.2) is 0 Å². The Kier molecular flexibility index (Phi) is 3.24. The molecule has 0 saturated heterocycles. The summed E-state index contributed by atoms with van der Waals surface area (Å²) < 4.78 is 0. The SMILES string of the molecule is CCCC=c1c2cc3ccccc3cc2c2cccc3cccc1c32. The molecule has 0 spiro atoms. The van der Waals surface area contributed by atoms with Crippen LogP contribution in [0, 0.1) is 0 Å². The van der Waals surface area contributed by atoms with Crippen LogP contribution in [0.15, 0.2) is 72.8 Å². The summed E-state index contributed by atoms with van der Waals surface area (Å²) in [6, 6.07) is 26.8. The molecule has 0 heteroatoms. The zero-order valence-electron chi connectivity index (χ0n) is 14.4. The molecule has 25 heavy (non-hydrogen) atoms. The lowest BCUT2D eigenvalue weighted by Crippen LogP contribution is -2.05. The smallest absolute Gasteiger partial charge is 0.00265 e. The summed E-state index contributed by atoms with van der Waals surface area (Å²) in [5.74, 6) is 0. The van der Waals surface area contributed by atoms with Crippen molar-refractivity contribution in [3.63, 3.8) is 0 Å². The maximum atomic E-state index is 2.43. The van der Waals surface area contributed by atoms with Crippen molar-refractivity contribution >= 4 is 49.2 Å². The van der Waals surface area contributed by atoms with Gasteiger partial charge in [-0.2, -0.15) is 0 Å². The molecule has 0 aromatic heterocycles. The van der Waals surface area contributed by atoms with Gasteiger partial charge in [0.2, 0.25) is 0 Å². The van der Waals surface area contributed by atoms with Crippen LogP contribution in [0.3, 0.4) is 0 Å². The van der Waals surface area contributed by atoms with Crippen molar-refractivity contribution in [2.24, 2.45) is 0 Å². The largest absolute Gasteiger partial charge is 0.0760 e. The molecule has 0 unspecified atom stereocenters. The number of unbranched alkanes of at least 4 members (excludes halogenated alkanes) is 1. The van der Waals surface area contributed by atoms with Crippen molar-refractivity contribution in [1.29, 1.82) is 0 Å². The maximum Gasteiger partial charge on any atom is -0.00265 e. The first kappa shape index (κ1) is 14.5. The molecule has 0 bridgehead atoms. The van der Waals surface area contributed by atoms with Crippen molar-refractivity contribution < 1.29 is 0 Å². The van der Waals surface area contributed by atoms with Crippen LogP contribution in [0.5, 0.6) is 0 Å². The zero-order chi connectivity index (χ0) is 16.8. The molecule has 0 nitrogen and oxygen atoms in total. The minimum atomic E-state index is 1.11. The molecule has 0 heterocycles. The van der Waals surface area contributed by atoms with Crippen LogP contribution >= 0.6 is 0 Å². The molecule has 0 fully saturated rings. The lowest BCUT2D eigenvalue weighted by molar-refractivity contribution is 0.993. The van der Waals surface area contributed by atoms with E-state index >= 15 is 0 Å². The predicted octanol–water partition coefficient (Wildman–Crippen LogP) is 6.60. The third-order valence-electron chi connectivity index (χ3n) is 5.30. The lowest BCUT2D eigenvalue weighted by atomic mass is 9.91. The highest BCUT2D eigenvalue weighted by Crippen LogP contribution is 2.32. The fourth-order valence-corrected chi connectivity index (χ4v) is 4.13. The highest BCUT2D eigenvalue weighted by molar-refractivity contribution is 6.23. The van der Waals surface area contributed by atoms with E-state index in [9.17, 15) is 0 Å². The van der Waals surface area contributed by atoms with E-state index < -0.39 is 0 Å². The Labute approximate surface area is 147 Å². The summed E-state index contributed by atoms with van der Waals surface area (Å²) >= 11 is 0. The van der Waals surface area contributed by atoms with Crippen molar-refractivity contribution in [1.82, 2.24) is 0 Å². The fraction of sp³-hybridized carbons (Fsp3) is 0.120. The molecule has 0 atom stereocenters. The molecule has 0 N–H and O–H groups in total. The first-order valence-electron chi connectivity index (χ1n) is 9.12. The van der Waals surface area contributed by atoms with Gasteiger partial charge >= 0.3 is 0 Å². The van der Waals surface area contributed by atoms with Crippen LogP contribution in [0.2, 0.25) is 0 Å². The summed E-state index contributed by atoms with van der Waals surface area (Å²) in [4.78, 5) is 0. The second-order valence-electron chi connectivity index (χ2n) is 6.86. The van der Waals surface area contributed by atoms with E-state index in [0.29, 0.717) is 0 Å². The lowest BCUT2D eigenvalue weighted by Gasteiger charge is -2.12. The minimum absolute atomic E-state index is 1.11. The molecule has 5 rings (SSSR count). The standard InChI is InChI=1S/C25H20/c1-2-3-12-20-21-13-6-10-17-11-7-14-22(25(17)21)24-16-19-9-5-4-8-18(19)15-23(20)24/h4-16H,2-3H2,1H3. The summed E-state index contributed by atoms with van der Waals surface area (Å²) in [6.45, 7) is 2.25. The first-order valence-corrected chi connectivity index (χ1v) is 9.12. The van der Waals surface area contributed by atoms with Gasteiger partial charge in [-0.15, -0.1) is 0 Å². The van der Waals surface area contributed by atoms with E-state index in [1.54, 1.807) is 0 Å². The molecule has 0 aliphatic heterocycles. The Hall–Kier alpha value is -2.86. The zero-order valence-corrected chi connectivity index (χ0v) is 14.4.